The van der Waals surface area contributed by atoms with Gasteiger partial charge < -0.3 is 20.3 Å². The van der Waals surface area contributed by atoms with Crippen LogP contribution in [0.1, 0.15) is 112 Å². The van der Waals surface area contributed by atoms with Crippen molar-refractivity contribution >= 4 is 17.9 Å². The van der Waals surface area contributed by atoms with Gasteiger partial charge in [-0.15, -0.1) is 0 Å². The summed E-state index contributed by atoms with van der Waals surface area (Å²) in [7, 11) is 0. The van der Waals surface area contributed by atoms with Crippen molar-refractivity contribution in [3.8, 4) is 0 Å². The molecule has 0 aliphatic rings. The van der Waals surface area contributed by atoms with Crippen molar-refractivity contribution in [2.24, 2.45) is 5.92 Å². The van der Waals surface area contributed by atoms with Gasteiger partial charge in [-0.25, -0.2) is 4.79 Å². The third-order valence-electron chi connectivity index (χ3n) is 6.78. The van der Waals surface area contributed by atoms with Crippen LogP contribution in [0.15, 0.2) is 24.3 Å². The normalized spacial score (nSPS) is 14.7. The number of hydrogen-bond acceptors (Lipinski definition) is 4. The van der Waals surface area contributed by atoms with Gasteiger partial charge in [0, 0.05) is 12.6 Å². The van der Waals surface area contributed by atoms with E-state index in [0.717, 1.165) is 36.8 Å². The Morgan fingerprint density at radius 1 is 0.946 bits per heavy atom. The van der Waals surface area contributed by atoms with Gasteiger partial charge in [0.05, 0.1) is 0 Å². The molecular weight excluding hydrogens is 466 g/mol. The maximum atomic E-state index is 14.2. The molecule has 0 radical (unpaired) electrons. The summed E-state index contributed by atoms with van der Waals surface area (Å²) in [5.41, 5.74) is 1.24. The molecule has 1 rings (SSSR count). The van der Waals surface area contributed by atoms with E-state index in [0.29, 0.717) is 19.4 Å². The summed E-state index contributed by atoms with van der Waals surface area (Å²) >= 11 is 0. The average Bonchev–Trinajstić information content (AvgIpc) is 2.86. The molecule has 0 saturated carbocycles. The van der Waals surface area contributed by atoms with E-state index in [2.05, 4.69) is 24.5 Å². The fourth-order valence-electron chi connectivity index (χ4n) is 4.13. The van der Waals surface area contributed by atoms with Gasteiger partial charge in [0.25, 0.3) is 0 Å². The lowest BCUT2D eigenvalue weighted by atomic mass is 9.94. The van der Waals surface area contributed by atoms with Crippen LogP contribution in [0.25, 0.3) is 0 Å². The second-order valence-corrected chi connectivity index (χ2v) is 11.0. The van der Waals surface area contributed by atoms with Crippen LogP contribution in [0.3, 0.4) is 0 Å². The summed E-state index contributed by atoms with van der Waals surface area (Å²) in [6.45, 7) is 18.0. The van der Waals surface area contributed by atoms with Crippen molar-refractivity contribution in [3.63, 3.8) is 0 Å². The molecule has 4 unspecified atom stereocenters. The summed E-state index contributed by atoms with van der Waals surface area (Å²) in [4.78, 5) is 42.3. The fourth-order valence-corrected chi connectivity index (χ4v) is 4.13. The molecule has 0 saturated heterocycles. The Balaban J connectivity index is 3.49. The number of benzene rings is 1. The Morgan fingerprint density at radius 3 is 2.05 bits per heavy atom. The van der Waals surface area contributed by atoms with Crippen LogP contribution in [0.2, 0.25) is 0 Å². The number of carbonyl (C=O) groups excluding carboxylic acids is 3. The number of carbonyl (C=O) groups is 3. The first-order valence-electron chi connectivity index (χ1n) is 14.1. The monoisotopic (exact) mass is 517 g/mol. The van der Waals surface area contributed by atoms with E-state index < -0.39 is 23.8 Å². The lowest BCUT2D eigenvalue weighted by molar-refractivity contribution is -0.146. The molecule has 0 spiro atoms. The van der Waals surface area contributed by atoms with Gasteiger partial charge >= 0.3 is 6.09 Å². The standard InChI is InChI=1S/C30H51N3O4/c1-10-14-15-20-31-27(34)26(24-18-16-23(13-4)17-19-24)33(22(6)12-3)28(35)25(21(5)11-2)32-29(36)37-30(7,8)9/h16-19,21-22,25-26H,10-15,20H2,1-9H3,(H,31,34)(H,32,36). The highest BCUT2D eigenvalue weighted by Crippen LogP contribution is 2.28. The second kappa shape index (κ2) is 15.6. The third kappa shape index (κ3) is 10.4. The average molecular weight is 518 g/mol. The molecule has 0 heterocycles. The zero-order chi connectivity index (χ0) is 28.2. The predicted octanol–water partition coefficient (Wildman–Crippen LogP) is 6.16. The summed E-state index contributed by atoms with van der Waals surface area (Å²) < 4.78 is 5.47. The summed E-state index contributed by atoms with van der Waals surface area (Å²) in [5, 5.41) is 5.89. The number of aryl methyl sites for hydroxylation is 1. The Labute approximate surface area is 225 Å². The molecule has 0 aromatic heterocycles. The minimum Gasteiger partial charge on any atom is -0.444 e. The van der Waals surface area contributed by atoms with Crippen molar-refractivity contribution in [1.82, 2.24) is 15.5 Å². The van der Waals surface area contributed by atoms with Crippen molar-refractivity contribution in [2.75, 3.05) is 6.54 Å². The SMILES string of the molecule is CCCCCNC(=O)C(c1ccc(CC)cc1)N(C(=O)C(NC(=O)OC(C)(C)C)C(C)CC)C(C)CC. The Hall–Kier alpha value is -2.57. The van der Waals surface area contributed by atoms with E-state index in [9.17, 15) is 14.4 Å². The molecule has 0 aliphatic carbocycles. The lowest BCUT2D eigenvalue weighted by Gasteiger charge is -2.39. The highest BCUT2D eigenvalue weighted by atomic mass is 16.6. The first-order valence-corrected chi connectivity index (χ1v) is 14.1. The lowest BCUT2D eigenvalue weighted by Crippen LogP contribution is -2.57. The number of nitrogens with zero attached hydrogens (tertiary/aromatic N) is 1. The molecule has 2 N–H and O–H groups in total. The molecule has 4 atom stereocenters. The Bertz CT molecular complexity index is 847. The Morgan fingerprint density at radius 2 is 1.57 bits per heavy atom. The molecule has 7 heteroatoms. The largest absolute Gasteiger partial charge is 0.444 e. The highest BCUT2D eigenvalue weighted by molar-refractivity contribution is 5.92. The molecule has 0 bridgehead atoms. The summed E-state index contributed by atoms with van der Waals surface area (Å²) in [6, 6.07) is 6.06. The van der Waals surface area contributed by atoms with Crippen LogP contribution in [0.5, 0.6) is 0 Å². The van der Waals surface area contributed by atoms with E-state index in [1.807, 2.05) is 52.0 Å². The molecule has 1 aromatic carbocycles. The van der Waals surface area contributed by atoms with Crippen LogP contribution in [-0.4, -0.2) is 47.0 Å². The van der Waals surface area contributed by atoms with Crippen LogP contribution in [-0.2, 0) is 20.7 Å². The molecule has 1 aromatic rings. The second-order valence-electron chi connectivity index (χ2n) is 11.0. The third-order valence-corrected chi connectivity index (χ3v) is 6.78. The molecule has 0 aliphatic heterocycles. The van der Waals surface area contributed by atoms with Crippen LogP contribution >= 0.6 is 0 Å². The minimum atomic E-state index is -0.820. The highest BCUT2D eigenvalue weighted by Gasteiger charge is 2.39. The van der Waals surface area contributed by atoms with Crippen molar-refractivity contribution < 1.29 is 19.1 Å². The van der Waals surface area contributed by atoms with Gasteiger partial charge in [0.2, 0.25) is 11.8 Å². The van der Waals surface area contributed by atoms with Gasteiger partial charge in [0.1, 0.15) is 17.7 Å². The molecule has 7 nitrogen and oxygen atoms in total. The van der Waals surface area contributed by atoms with Crippen molar-refractivity contribution in [2.45, 2.75) is 125 Å². The first kappa shape index (κ1) is 32.5. The maximum absolute atomic E-state index is 14.2. The number of hydrogen-bond donors (Lipinski definition) is 2. The molecule has 210 valence electrons. The number of unbranched alkanes of at least 4 members (excludes halogenated alkanes) is 2. The van der Waals surface area contributed by atoms with E-state index in [4.69, 9.17) is 4.74 Å². The number of ether oxygens (including phenoxy) is 1. The van der Waals surface area contributed by atoms with Crippen LogP contribution < -0.4 is 10.6 Å². The summed E-state index contributed by atoms with van der Waals surface area (Å²) in [5.74, 6) is -0.626. The maximum Gasteiger partial charge on any atom is 0.408 e. The quantitative estimate of drug-likeness (QED) is 0.289. The zero-order valence-corrected chi connectivity index (χ0v) is 24.6. The number of alkyl carbamates (subject to hydrolysis) is 1. The van der Waals surface area contributed by atoms with Crippen molar-refractivity contribution in [1.29, 1.82) is 0 Å². The predicted molar refractivity (Wildman–Crippen MR) is 150 cm³/mol. The van der Waals surface area contributed by atoms with E-state index in [1.165, 1.54) is 0 Å². The van der Waals surface area contributed by atoms with Gasteiger partial charge in [-0.1, -0.05) is 78.1 Å². The number of amides is 3. The van der Waals surface area contributed by atoms with E-state index in [-0.39, 0.29) is 23.8 Å². The van der Waals surface area contributed by atoms with E-state index in [1.54, 1.807) is 25.7 Å². The van der Waals surface area contributed by atoms with Gasteiger partial charge in [-0.3, -0.25) is 9.59 Å². The molecule has 0 fully saturated rings. The molecule has 37 heavy (non-hydrogen) atoms. The fraction of sp³-hybridized carbons (Fsp3) is 0.700. The van der Waals surface area contributed by atoms with E-state index >= 15 is 0 Å². The van der Waals surface area contributed by atoms with Gasteiger partial charge in [-0.05, 0) is 64.0 Å². The number of rotatable bonds is 14. The zero-order valence-electron chi connectivity index (χ0n) is 24.6. The topological polar surface area (TPSA) is 87.7 Å². The van der Waals surface area contributed by atoms with Gasteiger partial charge in [0.15, 0.2) is 0 Å². The number of nitrogens with one attached hydrogen (secondary N) is 2. The van der Waals surface area contributed by atoms with Gasteiger partial charge in [-0.2, -0.15) is 0 Å². The Kier molecular flexibility index (Phi) is 13.7. The summed E-state index contributed by atoms with van der Waals surface area (Å²) in [6.07, 6.45) is 4.57. The minimum absolute atomic E-state index is 0.151. The van der Waals surface area contributed by atoms with Crippen molar-refractivity contribution in [3.05, 3.63) is 35.4 Å². The molecule has 3 amide bonds. The molecular formula is C30H51N3O4. The van der Waals surface area contributed by atoms with Crippen LogP contribution in [0.4, 0.5) is 4.79 Å². The first-order chi connectivity index (χ1) is 17.4. The van der Waals surface area contributed by atoms with Crippen LogP contribution in [0, 0.1) is 5.92 Å². The smallest absolute Gasteiger partial charge is 0.408 e.